The smallest absolute Gasteiger partial charge is 0.251 e. The van der Waals surface area contributed by atoms with Gasteiger partial charge in [0.15, 0.2) is 11.5 Å². The first-order valence-corrected chi connectivity index (χ1v) is 11.9. The summed E-state index contributed by atoms with van der Waals surface area (Å²) in [6, 6.07) is 13.7. The summed E-state index contributed by atoms with van der Waals surface area (Å²) in [6.07, 6.45) is 2.57. The molecule has 0 aliphatic rings. The van der Waals surface area contributed by atoms with Crippen molar-refractivity contribution in [2.75, 3.05) is 23.7 Å². The molecule has 4 rings (SSSR count). The summed E-state index contributed by atoms with van der Waals surface area (Å²) in [7, 11) is 0. The van der Waals surface area contributed by atoms with Crippen LogP contribution in [0, 0.1) is 12.7 Å². The zero-order valence-corrected chi connectivity index (χ0v) is 20.9. The number of para-hydroxylation sites is 1. The van der Waals surface area contributed by atoms with Gasteiger partial charge in [-0.2, -0.15) is 0 Å². The maximum absolute atomic E-state index is 14.3. The standard InChI is InChI=1S/C27H31FN6O2/c1-5-12-29-26(35)19-11-10-18(13-17(19)2)23-15-30-25-22(31-16-27(3,4)36)14-24(33-34(23)25)32-21-9-7-6-8-20(21)28/h6-11,13-15,31,36H,5,12,16H2,1-4H3,(H,29,35)(H,32,33). The molecule has 0 atom stereocenters. The number of nitrogens with one attached hydrogen (secondary N) is 3. The minimum absolute atomic E-state index is 0.105. The Morgan fingerprint density at radius 3 is 2.61 bits per heavy atom. The highest BCUT2D eigenvalue weighted by Crippen LogP contribution is 2.29. The molecule has 2 heterocycles. The third-order valence-electron chi connectivity index (χ3n) is 5.62. The highest BCUT2D eigenvalue weighted by molar-refractivity contribution is 5.96. The second-order valence-corrected chi connectivity index (χ2v) is 9.38. The summed E-state index contributed by atoms with van der Waals surface area (Å²) >= 11 is 0. The van der Waals surface area contributed by atoms with Crippen LogP contribution < -0.4 is 16.0 Å². The Kier molecular flexibility index (Phi) is 7.21. The van der Waals surface area contributed by atoms with Crippen LogP contribution in [-0.4, -0.2) is 44.3 Å². The van der Waals surface area contributed by atoms with Gasteiger partial charge in [-0.05, 0) is 57.0 Å². The molecule has 0 aliphatic carbocycles. The van der Waals surface area contributed by atoms with Gasteiger partial charge in [0, 0.05) is 30.3 Å². The molecule has 0 aliphatic heterocycles. The molecule has 0 radical (unpaired) electrons. The second kappa shape index (κ2) is 10.3. The van der Waals surface area contributed by atoms with Gasteiger partial charge in [0.2, 0.25) is 0 Å². The number of halogens is 1. The Labute approximate surface area is 209 Å². The molecular weight excluding hydrogens is 459 g/mol. The molecule has 0 saturated heterocycles. The topological polar surface area (TPSA) is 104 Å². The number of hydrogen-bond acceptors (Lipinski definition) is 6. The van der Waals surface area contributed by atoms with Crippen molar-refractivity contribution < 1.29 is 14.3 Å². The lowest BCUT2D eigenvalue weighted by atomic mass is 10.0. The molecule has 4 N–H and O–H groups in total. The number of benzene rings is 2. The van der Waals surface area contributed by atoms with Crippen molar-refractivity contribution in [2.45, 2.75) is 39.7 Å². The molecule has 0 fully saturated rings. The number of imidazole rings is 1. The first-order chi connectivity index (χ1) is 17.2. The summed E-state index contributed by atoms with van der Waals surface area (Å²) in [6.45, 7) is 8.20. The maximum atomic E-state index is 14.3. The third kappa shape index (κ3) is 5.63. The van der Waals surface area contributed by atoms with Crippen LogP contribution in [0.3, 0.4) is 0 Å². The van der Waals surface area contributed by atoms with E-state index in [1.165, 1.54) is 6.07 Å². The van der Waals surface area contributed by atoms with E-state index >= 15 is 0 Å². The molecule has 0 bridgehead atoms. The number of fused-ring (bicyclic) bond motifs is 1. The van der Waals surface area contributed by atoms with Crippen LogP contribution in [0.4, 0.5) is 21.6 Å². The van der Waals surface area contributed by atoms with Crippen molar-refractivity contribution in [1.82, 2.24) is 19.9 Å². The summed E-state index contributed by atoms with van der Waals surface area (Å²) in [4.78, 5) is 17.0. The summed E-state index contributed by atoms with van der Waals surface area (Å²) in [5.41, 5.74) is 3.49. The van der Waals surface area contributed by atoms with Gasteiger partial charge >= 0.3 is 0 Å². The number of anilines is 3. The van der Waals surface area contributed by atoms with Crippen molar-refractivity contribution in [3.8, 4) is 11.3 Å². The van der Waals surface area contributed by atoms with Crippen molar-refractivity contribution in [1.29, 1.82) is 0 Å². The van der Waals surface area contributed by atoms with E-state index in [9.17, 15) is 14.3 Å². The van der Waals surface area contributed by atoms with Crippen LogP contribution in [0.1, 0.15) is 43.1 Å². The van der Waals surface area contributed by atoms with Crippen molar-refractivity contribution in [3.05, 3.63) is 71.7 Å². The molecule has 188 valence electrons. The molecule has 1 amide bonds. The van der Waals surface area contributed by atoms with E-state index < -0.39 is 11.4 Å². The van der Waals surface area contributed by atoms with Gasteiger partial charge in [-0.15, -0.1) is 5.10 Å². The summed E-state index contributed by atoms with van der Waals surface area (Å²) < 4.78 is 16.0. The molecular formula is C27H31FN6O2. The molecule has 0 unspecified atom stereocenters. The van der Waals surface area contributed by atoms with E-state index in [1.807, 2.05) is 26.0 Å². The fourth-order valence-corrected chi connectivity index (χ4v) is 3.78. The number of rotatable bonds is 9. The fraction of sp³-hybridized carbons (Fsp3) is 0.296. The molecule has 0 spiro atoms. The van der Waals surface area contributed by atoms with Crippen LogP contribution in [0.5, 0.6) is 0 Å². The van der Waals surface area contributed by atoms with Crippen LogP contribution >= 0.6 is 0 Å². The van der Waals surface area contributed by atoms with Gasteiger partial charge < -0.3 is 21.1 Å². The first kappa shape index (κ1) is 25.1. The third-order valence-corrected chi connectivity index (χ3v) is 5.62. The van der Waals surface area contributed by atoms with Gasteiger partial charge in [0.1, 0.15) is 5.82 Å². The number of aryl methyl sites for hydroxylation is 1. The quantitative estimate of drug-likeness (QED) is 0.266. The minimum atomic E-state index is -0.958. The SMILES string of the molecule is CCCNC(=O)c1ccc(-c2cnc3c(NCC(C)(C)O)cc(Nc4ccccc4F)nn23)cc1C. The zero-order chi connectivity index (χ0) is 25.9. The highest BCUT2D eigenvalue weighted by atomic mass is 19.1. The number of nitrogens with zero attached hydrogens (tertiary/aromatic N) is 3. The number of carbonyl (C=O) groups is 1. The van der Waals surface area contributed by atoms with Gasteiger partial charge in [-0.3, -0.25) is 4.79 Å². The zero-order valence-electron chi connectivity index (χ0n) is 20.9. The fourth-order valence-electron chi connectivity index (χ4n) is 3.78. The molecule has 8 nitrogen and oxygen atoms in total. The Bertz CT molecular complexity index is 1390. The van der Waals surface area contributed by atoms with Crippen LogP contribution in [0.2, 0.25) is 0 Å². The van der Waals surface area contributed by atoms with E-state index in [0.717, 1.165) is 17.5 Å². The number of carbonyl (C=O) groups excluding carboxylic acids is 1. The Hall–Kier alpha value is -3.98. The lowest BCUT2D eigenvalue weighted by molar-refractivity contribution is 0.0941. The van der Waals surface area contributed by atoms with Gasteiger partial charge in [-0.1, -0.05) is 25.1 Å². The molecule has 2 aromatic heterocycles. The molecule has 36 heavy (non-hydrogen) atoms. The molecule has 9 heteroatoms. The first-order valence-electron chi connectivity index (χ1n) is 11.9. The summed E-state index contributed by atoms with van der Waals surface area (Å²) in [5.74, 6) is -0.104. The van der Waals surface area contributed by atoms with E-state index in [2.05, 4.69) is 26.0 Å². The number of hydrogen-bond donors (Lipinski definition) is 4. The predicted molar refractivity (Wildman–Crippen MR) is 140 cm³/mol. The van der Waals surface area contributed by atoms with E-state index in [-0.39, 0.29) is 18.1 Å². The molecule has 0 saturated carbocycles. The van der Waals surface area contributed by atoms with Crippen molar-refractivity contribution in [2.24, 2.45) is 0 Å². The van der Waals surface area contributed by atoms with Crippen LogP contribution in [-0.2, 0) is 0 Å². The number of aliphatic hydroxyl groups is 1. The van der Waals surface area contributed by atoms with E-state index in [0.29, 0.717) is 35.0 Å². The molecule has 2 aromatic carbocycles. The van der Waals surface area contributed by atoms with Gasteiger partial charge in [-0.25, -0.2) is 13.9 Å². The van der Waals surface area contributed by atoms with Crippen LogP contribution in [0.25, 0.3) is 16.9 Å². The van der Waals surface area contributed by atoms with Crippen molar-refractivity contribution >= 4 is 28.7 Å². The average Bonchev–Trinajstić information content (AvgIpc) is 3.26. The Morgan fingerprint density at radius 2 is 1.92 bits per heavy atom. The lowest BCUT2D eigenvalue weighted by Crippen LogP contribution is -2.29. The normalized spacial score (nSPS) is 11.5. The van der Waals surface area contributed by atoms with Crippen molar-refractivity contribution in [3.63, 3.8) is 0 Å². The average molecular weight is 491 g/mol. The van der Waals surface area contributed by atoms with E-state index in [4.69, 9.17) is 0 Å². The summed E-state index contributed by atoms with van der Waals surface area (Å²) in [5, 5.41) is 24.1. The van der Waals surface area contributed by atoms with Crippen LogP contribution in [0.15, 0.2) is 54.7 Å². The second-order valence-electron chi connectivity index (χ2n) is 9.38. The minimum Gasteiger partial charge on any atom is -0.389 e. The largest absolute Gasteiger partial charge is 0.389 e. The highest BCUT2D eigenvalue weighted by Gasteiger charge is 2.18. The lowest BCUT2D eigenvalue weighted by Gasteiger charge is -2.19. The molecule has 4 aromatic rings. The van der Waals surface area contributed by atoms with Gasteiger partial charge in [0.05, 0.1) is 28.9 Å². The Morgan fingerprint density at radius 1 is 1.14 bits per heavy atom. The Balaban J connectivity index is 1.77. The maximum Gasteiger partial charge on any atom is 0.251 e. The van der Waals surface area contributed by atoms with Gasteiger partial charge in [0.25, 0.3) is 5.91 Å². The monoisotopic (exact) mass is 490 g/mol. The van der Waals surface area contributed by atoms with E-state index in [1.54, 1.807) is 54.9 Å². The predicted octanol–water partition coefficient (Wildman–Crippen LogP) is 4.91. The number of amides is 1. The number of aromatic nitrogens is 3.